The molecular weight excluding hydrogens is 286 g/mol. The number of rotatable bonds is 5. The van der Waals surface area contributed by atoms with E-state index in [9.17, 15) is 8.42 Å². The van der Waals surface area contributed by atoms with Gasteiger partial charge in [0.25, 0.3) is 0 Å². The number of hydrogen-bond donors (Lipinski definition) is 1. The highest BCUT2D eigenvalue weighted by molar-refractivity contribution is 7.92. The molecule has 21 heavy (non-hydrogen) atoms. The number of hydrogen-bond acceptors (Lipinski definition) is 5. The number of nitrogen functional groups attached to an aromatic ring is 1. The molecule has 0 aromatic heterocycles. The van der Waals surface area contributed by atoms with E-state index in [1.807, 2.05) is 24.3 Å². The lowest BCUT2D eigenvalue weighted by Crippen LogP contribution is -2.47. The molecule has 5 nitrogen and oxygen atoms in total. The normalized spacial score (nSPS) is 17.4. The average Bonchev–Trinajstić information content (AvgIpc) is 2.46. The summed E-state index contributed by atoms with van der Waals surface area (Å²) in [5.74, 6) is 0.256. The van der Waals surface area contributed by atoms with E-state index >= 15 is 0 Å². The maximum atomic E-state index is 11.8. The molecule has 118 valence electrons. The first-order valence-corrected chi connectivity index (χ1v) is 9.14. The molecule has 0 spiro atoms. The predicted octanol–water partition coefficient (Wildman–Crippen LogP) is 1.21. The summed E-state index contributed by atoms with van der Waals surface area (Å²) in [6, 6.07) is 7.90. The Morgan fingerprint density at radius 2 is 1.67 bits per heavy atom. The number of sulfone groups is 1. The SMILES string of the molecule is CC(C)S(=O)(=O)CCN1CCN(c2ccc(N)cc2)CC1. The zero-order valence-electron chi connectivity index (χ0n) is 12.8. The molecule has 1 aliphatic rings. The summed E-state index contributed by atoms with van der Waals surface area (Å²) in [6.07, 6.45) is 0. The molecule has 1 heterocycles. The van der Waals surface area contributed by atoms with E-state index in [0.29, 0.717) is 6.54 Å². The van der Waals surface area contributed by atoms with E-state index < -0.39 is 9.84 Å². The smallest absolute Gasteiger partial charge is 0.153 e. The highest BCUT2D eigenvalue weighted by Gasteiger charge is 2.21. The van der Waals surface area contributed by atoms with Crippen LogP contribution in [0.4, 0.5) is 11.4 Å². The number of anilines is 2. The zero-order chi connectivity index (χ0) is 15.5. The zero-order valence-corrected chi connectivity index (χ0v) is 13.6. The Kier molecular flexibility index (Phi) is 5.11. The minimum atomic E-state index is -2.94. The fourth-order valence-electron chi connectivity index (χ4n) is 2.41. The summed E-state index contributed by atoms with van der Waals surface area (Å²) >= 11 is 0. The topological polar surface area (TPSA) is 66.6 Å². The summed E-state index contributed by atoms with van der Waals surface area (Å²) in [7, 11) is -2.94. The Balaban J connectivity index is 1.82. The van der Waals surface area contributed by atoms with Gasteiger partial charge in [-0.05, 0) is 38.1 Å². The molecule has 0 radical (unpaired) electrons. The average molecular weight is 311 g/mol. The lowest BCUT2D eigenvalue weighted by Gasteiger charge is -2.36. The summed E-state index contributed by atoms with van der Waals surface area (Å²) < 4.78 is 23.7. The van der Waals surface area contributed by atoms with Crippen LogP contribution >= 0.6 is 0 Å². The summed E-state index contributed by atoms with van der Waals surface area (Å²) in [5.41, 5.74) is 7.65. The minimum absolute atomic E-state index is 0.256. The first kappa shape index (κ1) is 16.1. The second kappa shape index (κ2) is 6.66. The predicted molar refractivity (Wildman–Crippen MR) is 88.4 cm³/mol. The molecule has 1 aromatic rings. The molecule has 0 amide bonds. The first-order chi connectivity index (χ1) is 9.88. The number of nitrogens with two attached hydrogens (primary N) is 1. The molecule has 2 rings (SSSR count). The molecular formula is C15H25N3O2S. The molecule has 1 aliphatic heterocycles. The molecule has 2 N–H and O–H groups in total. The van der Waals surface area contributed by atoms with Crippen LogP contribution in [-0.4, -0.2) is 57.0 Å². The molecule has 0 saturated carbocycles. The van der Waals surface area contributed by atoms with Crippen molar-refractivity contribution in [3.05, 3.63) is 24.3 Å². The standard InChI is InChI=1S/C15H25N3O2S/c1-13(2)21(19,20)12-11-17-7-9-18(10-8-17)15-5-3-14(16)4-6-15/h3-6,13H,7-12,16H2,1-2H3. The Bertz CT molecular complexity index is 547. The van der Waals surface area contributed by atoms with Gasteiger partial charge in [0.1, 0.15) is 0 Å². The van der Waals surface area contributed by atoms with Crippen LogP contribution in [0.25, 0.3) is 0 Å². The van der Waals surface area contributed by atoms with E-state index in [-0.39, 0.29) is 11.0 Å². The van der Waals surface area contributed by atoms with E-state index in [1.165, 1.54) is 5.69 Å². The van der Waals surface area contributed by atoms with Crippen molar-refractivity contribution >= 4 is 21.2 Å². The van der Waals surface area contributed by atoms with Crippen LogP contribution in [0.15, 0.2) is 24.3 Å². The van der Waals surface area contributed by atoms with Crippen molar-refractivity contribution in [2.45, 2.75) is 19.1 Å². The molecule has 0 bridgehead atoms. The number of piperazine rings is 1. The lowest BCUT2D eigenvalue weighted by atomic mass is 10.2. The Morgan fingerprint density at radius 1 is 1.10 bits per heavy atom. The van der Waals surface area contributed by atoms with Crippen molar-refractivity contribution in [1.82, 2.24) is 4.90 Å². The summed E-state index contributed by atoms with van der Waals surface area (Å²) in [6.45, 7) is 7.77. The van der Waals surface area contributed by atoms with Crippen molar-refractivity contribution in [3.63, 3.8) is 0 Å². The van der Waals surface area contributed by atoms with Crippen molar-refractivity contribution in [1.29, 1.82) is 0 Å². The van der Waals surface area contributed by atoms with Gasteiger partial charge in [-0.1, -0.05) is 0 Å². The second-order valence-electron chi connectivity index (χ2n) is 5.84. The van der Waals surface area contributed by atoms with Crippen molar-refractivity contribution in [3.8, 4) is 0 Å². The second-order valence-corrected chi connectivity index (χ2v) is 8.51. The third kappa shape index (κ3) is 4.35. The molecule has 0 aliphatic carbocycles. The van der Waals surface area contributed by atoms with Gasteiger partial charge in [0.05, 0.1) is 11.0 Å². The monoisotopic (exact) mass is 311 g/mol. The van der Waals surface area contributed by atoms with Gasteiger partial charge in [-0.2, -0.15) is 0 Å². The van der Waals surface area contributed by atoms with Gasteiger partial charge in [0, 0.05) is 44.1 Å². The van der Waals surface area contributed by atoms with Crippen LogP contribution in [0.1, 0.15) is 13.8 Å². The highest BCUT2D eigenvalue weighted by atomic mass is 32.2. The van der Waals surface area contributed by atoms with Gasteiger partial charge in [0.15, 0.2) is 9.84 Å². The molecule has 1 aromatic carbocycles. The van der Waals surface area contributed by atoms with Gasteiger partial charge in [-0.25, -0.2) is 8.42 Å². The van der Waals surface area contributed by atoms with Gasteiger partial charge in [-0.3, -0.25) is 4.90 Å². The number of benzene rings is 1. The van der Waals surface area contributed by atoms with Crippen LogP contribution in [0, 0.1) is 0 Å². The quantitative estimate of drug-likeness (QED) is 0.828. The van der Waals surface area contributed by atoms with Gasteiger partial charge < -0.3 is 10.6 Å². The van der Waals surface area contributed by atoms with E-state index in [0.717, 1.165) is 31.9 Å². The molecule has 0 atom stereocenters. The third-order valence-electron chi connectivity index (χ3n) is 4.04. The molecule has 6 heteroatoms. The van der Waals surface area contributed by atoms with Crippen LogP contribution in [0.2, 0.25) is 0 Å². The van der Waals surface area contributed by atoms with Gasteiger partial charge >= 0.3 is 0 Å². The van der Waals surface area contributed by atoms with Crippen LogP contribution in [0.3, 0.4) is 0 Å². The molecule has 1 fully saturated rings. The Labute approximate surface area is 127 Å². The maximum Gasteiger partial charge on any atom is 0.153 e. The van der Waals surface area contributed by atoms with Gasteiger partial charge in [0.2, 0.25) is 0 Å². The Morgan fingerprint density at radius 3 is 2.19 bits per heavy atom. The minimum Gasteiger partial charge on any atom is -0.399 e. The van der Waals surface area contributed by atoms with E-state index in [1.54, 1.807) is 13.8 Å². The van der Waals surface area contributed by atoms with Crippen LogP contribution in [0.5, 0.6) is 0 Å². The fourth-order valence-corrected chi connectivity index (χ4v) is 3.39. The Hall–Kier alpha value is -1.27. The van der Waals surface area contributed by atoms with Gasteiger partial charge in [-0.15, -0.1) is 0 Å². The van der Waals surface area contributed by atoms with Crippen LogP contribution in [-0.2, 0) is 9.84 Å². The van der Waals surface area contributed by atoms with Crippen molar-refractivity contribution in [2.75, 3.05) is 49.1 Å². The molecule has 0 unspecified atom stereocenters. The summed E-state index contributed by atoms with van der Waals surface area (Å²) in [4.78, 5) is 4.54. The third-order valence-corrected chi connectivity index (χ3v) is 6.23. The van der Waals surface area contributed by atoms with Crippen molar-refractivity contribution in [2.24, 2.45) is 0 Å². The fraction of sp³-hybridized carbons (Fsp3) is 0.600. The number of nitrogens with zero attached hydrogens (tertiary/aromatic N) is 2. The van der Waals surface area contributed by atoms with E-state index in [4.69, 9.17) is 5.73 Å². The summed E-state index contributed by atoms with van der Waals surface area (Å²) in [5, 5.41) is -0.284. The maximum absolute atomic E-state index is 11.8. The largest absolute Gasteiger partial charge is 0.399 e. The van der Waals surface area contributed by atoms with E-state index in [2.05, 4.69) is 9.80 Å². The highest BCUT2D eigenvalue weighted by Crippen LogP contribution is 2.18. The lowest BCUT2D eigenvalue weighted by molar-refractivity contribution is 0.272. The van der Waals surface area contributed by atoms with Crippen molar-refractivity contribution < 1.29 is 8.42 Å². The van der Waals surface area contributed by atoms with Crippen LogP contribution < -0.4 is 10.6 Å². The molecule has 1 saturated heterocycles. The first-order valence-electron chi connectivity index (χ1n) is 7.43.